The van der Waals surface area contributed by atoms with Gasteiger partial charge < -0.3 is 4.74 Å². The van der Waals surface area contributed by atoms with E-state index in [0.29, 0.717) is 12.3 Å². The summed E-state index contributed by atoms with van der Waals surface area (Å²) < 4.78 is 4.91. The summed E-state index contributed by atoms with van der Waals surface area (Å²) in [6.07, 6.45) is 1.46. The Morgan fingerprint density at radius 3 is 2.56 bits per heavy atom. The summed E-state index contributed by atoms with van der Waals surface area (Å²) in [5, 5.41) is 0. The predicted molar refractivity (Wildman–Crippen MR) is 59.3 cm³/mol. The number of esters is 1. The summed E-state index contributed by atoms with van der Waals surface area (Å²) in [6.45, 7) is 3.92. The van der Waals surface area contributed by atoms with Crippen LogP contribution in [0.15, 0.2) is 29.3 Å². The van der Waals surface area contributed by atoms with Gasteiger partial charge in [-0.1, -0.05) is 12.1 Å². The van der Waals surface area contributed by atoms with Gasteiger partial charge in [0.05, 0.1) is 18.2 Å². The van der Waals surface area contributed by atoms with Gasteiger partial charge in [0.25, 0.3) is 0 Å². The molecule has 0 aliphatic carbocycles. The number of nitrogens with zero attached hydrogens (tertiary/aromatic N) is 1. The van der Waals surface area contributed by atoms with Crippen LogP contribution in [0, 0.1) is 0 Å². The SMILES string of the molecule is CCOC(=O)C(C)c1ccc(N=C=O)cc1. The number of carbonyl (C=O) groups excluding carboxylic acids is 2. The smallest absolute Gasteiger partial charge is 0.313 e. The Balaban J connectivity index is 2.80. The van der Waals surface area contributed by atoms with Crippen molar-refractivity contribution >= 4 is 17.7 Å². The zero-order valence-corrected chi connectivity index (χ0v) is 9.27. The molecule has 0 amide bonds. The van der Waals surface area contributed by atoms with Gasteiger partial charge in [-0.3, -0.25) is 4.79 Å². The van der Waals surface area contributed by atoms with Crippen LogP contribution < -0.4 is 0 Å². The van der Waals surface area contributed by atoms with Crippen LogP contribution in [0.1, 0.15) is 25.3 Å². The lowest BCUT2D eigenvalue weighted by molar-refractivity contribution is -0.144. The maximum absolute atomic E-state index is 11.4. The maximum atomic E-state index is 11.4. The second-order valence-corrected chi connectivity index (χ2v) is 3.27. The largest absolute Gasteiger partial charge is 0.466 e. The van der Waals surface area contributed by atoms with E-state index in [0.717, 1.165) is 5.56 Å². The fourth-order valence-electron chi connectivity index (χ4n) is 1.29. The van der Waals surface area contributed by atoms with Crippen LogP contribution in [0.4, 0.5) is 5.69 Å². The number of hydrogen-bond donors (Lipinski definition) is 0. The van der Waals surface area contributed by atoms with E-state index in [9.17, 15) is 9.59 Å². The van der Waals surface area contributed by atoms with Gasteiger partial charge in [0.15, 0.2) is 0 Å². The van der Waals surface area contributed by atoms with Crippen molar-refractivity contribution in [2.75, 3.05) is 6.61 Å². The molecule has 0 aliphatic heterocycles. The molecule has 1 rings (SSSR count). The van der Waals surface area contributed by atoms with Crippen molar-refractivity contribution < 1.29 is 14.3 Å². The van der Waals surface area contributed by atoms with Crippen molar-refractivity contribution in [1.82, 2.24) is 0 Å². The number of isocyanates is 1. The Bertz CT molecular complexity index is 405. The Morgan fingerprint density at radius 2 is 2.06 bits per heavy atom. The third-order valence-electron chi connectivity index (χ3n) is 2.21. The van der Waals surface area contributed by atoms with Crippen LogP contribution in [0.5, 0.6) is 0 Å². The van der Waals surface area contributed by atoms with Gasteiger partial charge >= 0.3 is 5.97 Å². The summed E-state index contributed by atoms with van der Waals surface area (Å²) in [7, 11) is 0. The monoisotopic (exact) mass is 219 g/mol. The molecule has 0 bridgehead atoms. The lowest BCUT2D eigenvalue weighted by Crippen LogP contribution is -2.12. The zero-order valence-electron chi connectivity index (χ0n) is 9.27. The minimum atomic E-state index is -0.311. The first-order valence-corrected chi connectivity index (χ1v) is 5.03. The molecule has 0 fully saturated rings. The summed E-state index contributed by atoms with van der Waals surface area (Å²) in [4.78, 5) is 24.9. The predicted octanol–water partition coefficient (Wildman–Crippen LogP) is 2.32. The molecule has 4 nitrogen and oxygen atoms in total. The number of aliphatic imine (C=N–C) groups is 1. The molecular weight excluding hydrogens is 206 g/mol. The van der Waals surface area contributed by atoms with Gasteiger partial charge in [-0.15, -0.1) is 0 Å². The molecule has 0 saturated carbocycles. The van der Waals surface area contributed by atoms with Gasteiger partial charge in [-0.05, 0) is 31.5 Å². The highest BCUT2D eigenvalue weighted by Crippen LogP contribution is 2.20. The highest BCUT2D eigenvalue weighted by molar-refractivity contribution is 5.77. The molecule has 0 aromatic heterocycles. The second-order valence-electron chi connectivity index (χ2n) is 3.27. The Kier molecular flexibility index (Phi) is 4.42. The van der Waals surface area contributed by atoms with Crippen molar-refractivity contribution in [1.29, 1.82) is 0 Å². The van der Waals surface area contributed by atoms with Gasteiger partial charge in [-0.2, -0.15) is 4.99 Å². The van der Waals surface area contributed by atoms with Crippen LogP contribution in [0.3, 0.4) is 0 Å². The van der Waals surface area contributed by atoms with E-state index in [1.165, 1.54) is 6.08 Å². The van der Waals surface area contributed by atoms with Crippen molar-refractivity contribution in [3.63, 3.8) is 0 Å². The van der Waals surface area contributed by atoms with Gasteiger partial charge in [0.1, 0.15) is 0 Å². The van der Waals surface area contributed by atoms with Crippen molar-refractivity contribution in [2.24, 2.45) is 4.99 Å². The molecule has 0 aliphatic rings. The van der Waals surface area contributed by atoms with E-state index >= 15 is 0 Å². The van der Waals surface area contributed by atoms with Crippen molar-refractivity contribution in [3.05, 3.63) is 29.8 Å². The summed E-state index contributed by atoms with van der Waals surface area (Å²) in [5.74, 6) is -0.566. The summed E-state index contributed by atoms with van der Waals surface area (Å²) in [5.41, 5.74) is 1.36. The molecule has 16 heavy (non-hydrogen) atoms. The normalized spacial score (nSPS) is 11.4. The third kappa shape index (κ3) is 3.04. The molecule has 4 heteroatoms. The Morgan fingerprint density at radius 1 is 1.44 bits per heavy atom. The molecular formula is C12H13NO3. The van der Waals surface area contributed by atoms with Gasteiger partial charge in [0, 0.05) is 0 Å². The first-order chi connectivity index (χ1) is 7.69. The number of carbonyl (C=O) groups is 1. The molecule has 1 aromatic carbocycles. The third-order valence-corrected chi connectivity index (χ3v) is 2.21. The van der Waals surface area contributed by atoms with E-state index in [1.807, 2.05) is 0 Å². The molecule has 0 radical (unpaired) electrons. The standard InChI is InChI=1S/C12H13NO3/c1-3-16-12(15)9(2)10-4-6-11(7-5-10)13-8-14/h4-7,9H,3H2,1-2H3. The molecule has 84 valence electrons. The lowest BCUT2D eigenvalue weighted by Gasteiger charge is -2.10. The molecule has 1 aromatic rings. The molecule has 0 N–H and O–H groups in total. The quantitative estimate of drug-likeness (QED) is 0.443. The minimum absolute atomic E-state index is 0.255. The topological polar surface area (TPSA) is 55.7 Å². The van der Waals surface area contributed by atoms with Gasteiger partial charge in [-0.25, -0.2) is 4.79 Å². The van der Waals surface area contributed by atoms with Gasteiger partial charge in [0.2, 0.25) is 6.08 Å². The van der Waals surface area contributed by atoms with Crippen LogP contribution >= 0.6 is 0 Å². The number of hydrogen-bond acceptors (Lipinski definition) is 4. The number of benzene rings is 1. The average Bonchev–Trinajstić information content (AvgIpc) is 2.30. The van der Waals surface area contributed by atoms with E-state index < -0.39 is 0 Å². The highest BCUT2D eigenvalue weighted by atomic mass is 16.5. The van der Waals surface area contributed by atoms with Crippen LogP contribution in [-0.4, -0.2) is 18.7 Å². The molecule has 0 saturated heterocycles. The van der Waals surface area contributed by atoms with Crippen molar-refractivity contribution in [2.45, 2.75) is 19.8 Å². The van der Waals surface area contributed by atoms with Crippen LogP contribution in [-0.2, 0) is 14.3 Å². The molecule has 1 unspecified atom stereocenters. The van der Waals surface area contributed by atoms with Crippen molar-refractivity contribution in [3.8, 4) is 0 Å². The number of ether oxygens (including phenoxy) is 1. The maximum Gasteiger partial charge on any atom is 0.313 e. The van der Waals surface area contributed by atoms with E-state index in [-0.39, 0.29) is 11.9 Å². The summed E-state index contributed by atoms with van der Waals surface area (Å²) in [6, 6.07) is 6.82. The number of rotatable bonds is 4. The van der Waals surface area contributed by atoms with Crippen LogP contribution in [0.25, 0.3) is 0 Å². The Labute approximate surface area is 94.0 Å². The minimum Gasteiger partial charge on any atom is -0.466 e. The van der Waals surface area contributed by atoms with E-state index in [1.54, 1.807) is 38.1 Å². The fraction of sp³-hybridized carbons (Fsp3) is 0.333. The average molecular weight is 219 g/mol. The zero-order chi connectivity index (χ0) is 12.0. The van der Waals surface area contributed by atoms with E-state index in [4.69, 9.17) is 4.74 Å². The Hall–Kier alpha value is -1.93. The van der Waals surface area contributed by atoms with E-state index in [2.05, 4.69) is 4.99 Å². The van der Waals surface area contributed by atoms with Crippen LogP contribution in [0.2, 0.25) is 0 Å². The molecule has 0 spiro atoms. The lowest BCUT2D eigenvalue weighted by atomic mass is 10.0. The molecule has 1 atom stereocenters. The first kappa shape index (κ1) is 12.1. The highest BCUT2D eigenvalue weighted by Gasteiger charge is 2.15. The summed E-state index contributed by atoms with van der Waals surface area (Å²) >= 11 is 0. The molecule has 0 heterocycles. The first-order valence-electron chi connectivity index (χ1n) is 5.03. The fourth-order valence-corrected chi connectivity index (χ4v) is 1.29. The second kappa shape index (κ2) is 5.83.